The predicted molar refractivity (Wildman–Crippen MR) is 107 cm³/mol. The van der Waals surface area contributed by atoms with Crippen molar-refractivity contribution in [3.63, 3.8) is 0 Å². The molecule has 0 aromatic heterocycles. The second-order valence-corrected chi connectivity index (χ2v) is 9.27. The molecule has 2 aliphatic rings. The van der Waals surface area contributed by atoms with Gasteiger partial charge in [0, 0.05) is 39.3 Å². The number of piperazine rings is 1. The molecule has 2 heterocycles. The van der Waals surface area contributed by atoms with Gasteiger partial charge in [-0.2, -0.15) is 4.31 Å². The fourth-order valence-corrected chi connectivity index (χ4v) is 5.31. The molecule has 2 aliphatic heterocycles. The Morgan fingerprint density at radius 2 is 1.46 bits per heavy atom. The van der Waals surface area contributed by atoms with Gasteiger partial charge in [-0.25, -0.2) is 8.42 Å². The molecule has 1 amide bonds. The highest BCUT2D eigenvalue weighted by molar-refractivity contribution is 7.89. The Balaban J connectivity index is 1.32. The number of carbonyl (C=O) groups is 1. The summed E-state index contributed by atoms with van der Waals surface area (Å²) in [5.41, 5.74) is 2.55. The third-order valence-corrected chi connectivity index (χ3v) is 7.47. The van der Waals surface area contributed by atoms with Gasteiger partial charge in [-0.3, -0.25) is 9.69 Å². The SMILES string of the molecule is O=C(CN1CCN(S(=O)(=O)c2ccccc2)CC1)N1CCc2ccccc2C1. The zero-order valence-corrected chi connectivity index (χ0v) is 16.6. The molecule has 7 heteroatoms. The average molecular weight is 400 g/mol. The molecule has 0 spiro atoms. The Kier molecular flexibility index (Phi) is 5.48. The van der Waals surface area contributed by atoms with Crippen LogP contribution < -0.4 is 0 Å². The summed E-state index contributed by atoms with van der Waals surface area (Å²) < 4.78 is 26.9. The maximum atomic E-state index is 12.7. The van der Waals surface area contributed by atoms with Gasteiger partial charge in [0.2, 0.25) is 15.9 Å². The number of hydrogen-bond donors (Lipinski definition) is 0. The van der Waals surface area contributed by atoms with E-state index in [2.05, 4.69) is 17.0 Å². The van der Waals surface area contributed by atoms with E-state index < -0.39 is 10.0 Å². The monoisotopic (exact) mass is 399 g/mol. The van der Waals surface area contributed by atoms with Gasteiger partial charge in [0.1, 0.15) is 0 Å². The second kappa shape index (κ2) is 8.03. The highest BCUT2D eigenvalue weighted by Crippen LogP contribution is 2.20. The molecule has 0 bridgehead atoms. The Bertz CT molecular complexity index is 938. The minimum Gasteiger partial charge on any atom is -0.337 e. The van der Waals surface area contributed by atoms with Crippen LogP contribution in [-0.4, -0.2) is 67.7 Å². The number of amides is 1. The van der Waals surface area contributed by atoms with E-state index >= 15 is 0 Å². The van der Waals surface area contributed by atoms with E-state index in [1.54, 1.807) is 24.3 Å². The van der Waals surface area contributed by atoms with Gasteiger partial charge in [-0.15, -0.1) is 0 Å². The quantitative estimate of drug-likeness (QED) is 0.783. The first-order chi connectivity index (χ1) is 13.5. The first-order valence-electron chi connectivity index (χ1n) is 9.66. The fraction of sp³-hybridized carbons (Fsp3) is 0.381. The molecule has 2 aromatic rings. The second-order valence-electron chi connectivity index (χ2n) is 7.33. The molecule has 0 saturated carbocycles. The van der Waals surface area contributed by atoms with Crippen LogP contribution in [0.25, 0.3) is 0 Å². The molecule has 28 heavy (non-hydrogen) atoms. The number of sulfonamides is 1. The molecule has 0 atom stereocenters. The van der Waals surface area contributed by atoms with Crippen LogP contribution in [-0.2, 0) is 27.8 Å². The minimum atomic E-state index is -3.46. The van der Waals surface area contributed by atoms with Crippen molar-refractivity contribution in [3.05, 3.63) is 65.7 Å². The third-order valence-electron chi connectivity index (χ3n) is 5.55. The Hall–Kier alpha value is -2.22. The van der Waals surface area contributed by atoms with Crippen molar-refractivity contribution in [1.29, 1.82) is 0 Å². The molecule has 0 radical (unpaired) electrons. The summed E-state index contributed by atoms with van der Waals surface area (Å²) in [6.45, 7) is 3.72. The van der Waals surface area contributed by atoms with Crippen molar-refractivity contribution < 1.29 is 13.2 Å². The van der Waals surface area contributed by atoms with Gasteiger partial charge >= 0.3 is 0 Å². The predicted octanol–water partition coefficient (Wildman–Crippen LogP) is 1.58. The van der Waals surface area contributed by atoms with E-state index in [1.165, 1.54) is 15.4 Å². The van der Waals surface area contributed by atoms with Gasteiger partial charge in [0.05, 0.1) is 11.4 Å². The highest BCUT2D eigenvalue weighted by Gasteiger charge is 2.30. The van der Waals surface area contributed by atoms with Crippen LogP contribution in [0.3, 0.4) is 0 Å². The van der Waals surface area contributed by atoms with E-state index in [0.717, 1.165) is 13.0 Å². The van der Waals surface area contributed by atoms with Crippen molar-refractivity contribution in [2.45, 2.75) is 17.9 Å². The summed E-state index contributed by atoms with van der Waals surface area (Å²) in [6.07, 6.45) is 0.894. The van der Waals surface area contributed by atoms with Gasteiger partial charge in [-0.1, -0.05) is 42.5 Å². The molecule has 0 aliphatic carbocycles. The van der Waals surface area contributed by atoms with E-state index in [0.29, 0.717) is 44.2 Å². The number of nitrogens with zero attached hydrogens (tertiary/aromatic N) is 3. The molecular weight excluding hydrogens is 374 g/mol. The largest absolute Gasteiger partial charge is 0.337 e. The summed E-state index contributed by atoms with van der Waals surface area (Å²) in [5, 5.41) is 0. The lowest BCUT2D eigenvalue weighted by Crippen LogP contribution is -2.51. The van der Waals surface area contributed by atoms with E-state index in [9.17, 15) is 13.2 Å². The number of rotatable bonds is 4. The number of carbonyl (C=O) groups excluding carboxylic acids is 1. The lowest BCUT2D eigenvalue weighted by Gasteiger charge is -2.35. The van der Waals surface area contributed by atoms with E-state index in [4.69, 9.17) is 0 Å². The molecule has 1 saturated heterocycles. The summed E-state index contributed by atoms with van der Waals surface area (Å²) in [5.74, 6) is 0.119. The zero-order chi connectivity index (χ0) is 19.6. The molecular formula is C21H25N3O3S. The number of benzene rings is 2. The van der Waals surface area contributed by atoms with Crippen LogP contribution in [0.4, 0.5) is 0 Å². The van der Waals surface area contributed by atoms with Crippen LogP contribution in [0, 0.1) is 0 Å². The van der Waals surface area contributed by atoms with Crippen molar-refractivity contribution in [2.24, 2.45) is 0 Å². The van der Waals surface area contributed by atoms with Gasteiger partial charge < -0.3 is 4.90 Å². The molecule has 0 N–H and O–H groups in total. The molecule has 2 aromatic carbocycles. The summed E-state index contributed by atoms with van der Waals surface area (Å²) in [7, 11) is -3.46. The van der Waals surface area contributed by atoms with E-state index in [-0.39, 0.29) is 5.91 Å². The van der Waals surface area contributed by atoms with Crippen molar-refractivity contribution in [1.82, 2.24) is 14.1 Å². The van der Waals surface area contributed by atoms with Crippen LogP contribution in [0.5, 0.6) is 0 Å². The van der Waals surface area contributed by atoms with Crippen molar-refractivity contribution in [2.75, 3.05) is 39.3 Å². The smallest absolute Gasteiger partial charge is 0.243 e. The Morgan fingerprint density at radius 3 is 2.18 bits per heavy atom. The lowest BCUT2D eigenvalue weighted by molar-refractivity contribution is -0.133. The van der Waals surface area contributed by atoms with Crippen molar-refractivity contribution in [3.8, 4) is 0 Å². The summed E-state index contributed by atoms with van der Waals surface area (Å²) in [6, 6.07) is 16.8. The molecule has 0 unspecified atom stereocenters. The van der Waals surface area contributed by atoms with Crippen LogP contribution in [0.2, 0.25) is 0 Å². The van der Waals surface area contributed by atoms with Crippen molar-refractivity contribution >= 4 is 15.9 Å². The van der Waals surface area contributed by atoms with Crippen LogP contribution >= 0.6 is 0 Å². The van der Waals surface area contributed by atoms with Gasteiger partial charge in [0.25, 0.3) is 0 Å². The number of fused-ring (bicyclic) bond motifs is 1. The standard InChI is InChI=1S/C21H25N3O3S/c25-21(23-11-10-18-6-4-5-7-19(18)16-23)17-22-12-14-24(15-13-22)28(26,27)20-8-2-1-3-9-20/h1-9H,10-17H2. The number of hydrogen-bond acceptors (Lipinski definition) is 4. The molecule has 148 valence electrons. The zero-order valence-electron chi connectivity index (χ0n) is 15.8. The molecule has 1 fully saturated rings. The Labute approximate surface area is 166 Å². The van der Waals surface area contributed by atoms with Gasteiger partial charge in [-0.05, 0) is 29.7 Å². The average Bonchev–Trinajstić information content (AvgIpc) is 2.74. The van der Waals surface area contributed by atoms with E-state index in [1.807, 2.05) is 23.1 Å². The maximum Gasteiger partial charge on any atom is 0.243 e. The molecule has 6 nitrogen and oxygen atoms in total. The fourth-order valence-electron chi connectivity index (χ4n) is 3.87. The Morgan fingerprint density at radius 1 is 0.821 bits per heavy atom. The summed E-state index contributed by atoms with van der Waals surface area (Å²) in [4.78, 5) is 17.0. The minimum absolute atomic E-state index is 0.119. The maximum absolute atomic E-state index is 12.7. The van der Waals surface area contributed by atoms with Gasteiger partial charge in [0.15, 0.2) is 0 Å². The van der Waals surface area contributed by atoms with Crippen LogP contribution in [0.15, 0.2) is 59.5 Å². The first-order valence-corrected chi connectivity index (χ1v) is 11.1. The first kappa shape index (κ1) is 19.1. The highest BCUT2D eigenvalue weighted by atomic mass is 32.2. The molecule has 4 rings (SSSR count). The lowest BCUT2D eigenvalue weighted by atomic mass is 10.00. The summed E-state index contributed by atoms with van der Waals surface area (Å²) >= 11 is 0. The third kappa shape index (κ3) is 3.97. The normalized spacial score (nSPS) is 18.6. The van der Waals surface area contributed by atoms with Crippen LogP contribution in [0.1, 0.15) is 11.1 Å². The topological polar surface area (TPSA) is 60.9 Å².